The normalized spacial score (nSPS) is 12.6. The molecule has 0 unspecified atom stereocenters. The van der Waals surface area contributed by atoms with Gasteiger partial charge in [-0.1, -0.05) is 0 Å². The van der Waals surface area contributed by atoms with Gasteiger partial charge in [-0.3, -0.25) is 0 Å². The highest BCUT2D eigenvalue weighted by atomic mass is 19.4. The highest BCUT2D eigenvalue weighted by molar-refractivity contribution is 5.59. The van der Waals surface area contributed by atoms with Crippen LogP contribution in [-0.2, 0) is 6.18 Å². The van der Waals surface area contributed by atoms with E-state index in [2.05, 4.69) is 5.32 Å². The Labute approximate surface area is 105 Å². The molecule has 3 nitrogen and oxygen atoms in total. The number of halogens is 3. The Morgan fingerprint density at radius 3 is 2.33 bits per heavy atom. The van der Waals surface area contributed by atoms with Crippen LogP contribution in [0.5, 0.6) is 0 Å². The molecule has 0 aliphatic carbocycles. The third-order valence-electron chi connectivity index (χ3n) is 2.45. The zero-order valence-corrected chi connectivity index (χ0v) is 10.8. The maximum absolute atomic E-state index is 12.8. The summed E-state index contributed by atoms with van der Waals surface area (Å²) in [4.78, 5) is 0. The van der Waals surface area contributed by atoms with E-state index in [1.807, 2.05) is 21.1 Å². The molecule has 0 saturated carbocycles. The van der Waals surface area contributed by atoms with E-state index >= 15 is 0 Å². The Morgan fingerprint density at radius 1 is 1.22 bits per heavy atom. The fourth-order valence-corrected chi connectivity index (χ4v) is 1.48. The molecule has 0 bridgehead atoms. The summed E-state index contributed by atoms with van der Waals surface area (Å²) in [6.45, 7) is 1.19. The summed E-state index contributed by atoms with van der Waals surface area (Å²) in [5.41, 5.74) is 4.86. The third-order valence-corrected chi connectivity index (χ3v) is 2.45. The molecule has 0 fully saturated rings. The van der Waals surface area contributed by atoms with E-state index in [-0.39, 0.29) is 11.4 Å². The van der Waals surface area contributed by atoms with Crippen LogP contribution < -0.4 is 11.1 Å². The summed E-state index contributed by atoms with van der Waals surface area (Å²) in [7, 11) is 5.94. The van der Waals surface area contributed by atoms with Gasteiger partial charge in [0.1, 0.15) is 0 Å². The van der Waals surface area contributed by atoms with Crippen LogP contribution in [0.15, 0.2) is 18.2 Å². The maximum Gasteiger partial charge on any atom is 0.418 e. The molecular formula is C12H19F3N3+. The Kier molecular flexibility index (Phi) is 4.11. The first kappa shape index (κ1) is 14.6. The summed E-state index contributed by atoms with van der Waals surface area (Å²) in [6, 6.07) is 3.78. The zero-order chi connectivity index (χ0) is 14.0. The molecule has 0 amide bonds. The molecule has 0 aromatic heterocycles. The maximum atomic E-state index is 12.8. The molecule has 0 saturated heterocycles. The van der Waals surface area contributed by atoms with Crippen molar-refractivity contribution >= 4 is 11.4 Å². The lowest BCUT2D eigenvalue weighted by Gasteiger charge is -2.24. The van der Waals surface area contributed by atoms with Crippen molar-refractivity contribution in [3.05, 3.63) is 23.8 Å². The van der Waals surface area contributed by atoms with Gasteiger partial charge in [-0.15, -0.1) is 0 Å². The predicted octanol–water partition coefficient (Wildman–Crippen LogP) is 2.41. The van der Waals surface area contributed by atoms with Crippen LogP contribution in [0.1, 0.15) is 5.56 Å². The second kappa shape index (κ2) is 5.06. The minimum atomic E-state index is -4.39. The van der Waals surface area contributed by atoms with Crippen LogP contribution in [0.2, 0.25) is 0 Å². The van der Waals surface area contributed by atoms with E-state index in [1.165, 1.54) is 12.1 Å². The fraction of sp³-hybridized carbons (Fsp3) is 0.500. The van der Waals surface area contributed by atoms with Crippen LogP contribution in [0.3, 0.4) is 0 Å². The average Bonchev–Trinajstić information content (AvgIpc) is 2.17. The van der Waals surface area contributed by atoms with Gasteiger partial charge in [0.2, 0.25) is 0 Å². The first-order valence-electron chi connectivity index (χ1n) is 5.61. The average molecular weight is 262 g/mol. The molecule has 1 aromatic rings. The Bertz CT molecular complexity index is 408. The third kappa shape index (κ3) is 4.44. The van der Waals surface area contributed by atoms with Gasteiger partial charge in [-0.2, -0.15) is 13.2 Å². The molecule has 0 radical (unpaired) electrons. The lowest BCUT2D eigenvalue weighted by molar-refractivity contribution is -0.868. The van der Waals surface area contributed by atoms with Gasteiger partial charge >= 0.3 is 6.18 Å². The first-order valence-corrected chi connectivity index (χ1v) is 5.61. The lowest BCUT2D eigenvalue weighted by Crippen LogP contribution is -2.38. The number of likely N-dealkylation sites (N-methyl/N-ethyl adjacent to an activating group) is 1. The summed E-state index contributed by atoms with van der Waals surface area (Å²) in [5, 5.41) is 2.81. The largest absolute Gasteiger partial charge is 0.418 e. The van der Waals surface area contributed by atoms with Gasteiger partial charge in [0.25, 0.3) is 0 Å². The standard InChI is InChI=1S/C12H19F3N3/c1-18(2,3)7-6-17-11-5-4-9(16)8-10(11)12(13,14)15/h4-5,8,17H,6-7,16H2,1-3H3/q+1. The number of hydrogen-bond donors (Lipinski definition) is 2. The molecule has 102 valence electrons. The van der Waals surface area contributed by atoms with Crippen molar-refractivity contribution in [3.63, 3.8) is 0 Å². The number of nitrogen functional groups attached to an aromatic ring is 1. The quantitative estimate of drug-likeness (QED) is 0.646. The number of benzene rings is 1. The van der Waals surface area contributed by atoms with Crippen molar-refractivity contribution in [1.82, 2.24) is 0 Å². The number of nitrogens with one attached hydrogen (secondary N) is 1. The first-order chi connectivity index (χ1) is 8.09. The number of rotatable bonds is 4. The number of alkyl halides is 3. The van der Waals surface area contributed by atoms with Crippen LogP contribution in [0, 0.1) is 0 Å². The molecule has 0 aliphatic heterocycles. The highest BCUT2D eigenvalue weighted by Gasteiger charge is 2.33. The molecular weight excluding hydrogens is 243 g/mol. The topological polar surface area (TPSA) is 38.0 Å². The van der Waals surface area contributed by atoms with E-state index in [9.17, 15) is 13.2 Å². The molecule has 0 heterocycles. The van der Waals surface area contributed by atoms with Crippen molar-refractivity contribution in [3.8, 4) is 0 Å². The van der Waals surface area contributed by atoms with Gasteiger partial charge in [0.15, 0.2) is 0 Å². The fourth-order valence-electron chi connectivity index (χ4n) is 1.48. The smallest absolute Gasteiger partial charge is 0.399 e. The summed E-state index contributed by atoms with van der Waals surface area (Å²) < 4.78 is 39.1. The second-order valence-corrected chi connectivity index (χ2v) is 5.24. The number of hydrogen-bond acceptors (Lipinski definition) is 2. The highest BCUT2D eigenvalue weighted by Crippen LogP contribution is 2.35. The zero-order valence-electron chi connectivity index (χ0n) is 10.8. The molecule has 1 aromatic carbocycles. The summed E-state index contributed by atoms with van der Waals surface area (Å²) in [6.07, 6.45) is -4.39. The van der Waals surface area contributed by atoms with Crippen molar-refractivity contribution in [2.75, 3.05) is 45.3 Å². The number of nitrogens with two attached hydrogens (primary N) is 1. The van der Waals surface area contributed by atoms with Crippen LogP contribution in [0.25, 0.3) is 0 Å². The Balaban J connectivity index is 2.83. The minimum Gasteiger partial charge on any atom is -0.399 e. The summed E-state index contributed by atoms with van der Waals surface area (Å²) >= 11 is 0. The summed E-state index contributed by atoms with van der Waals surface area (Å²) in [5.74, 6) is 0. The van der Waals surface area contributed by atoms with Crippen LogP contribution in [0.4, 0.5) is 24.5 Å². The van der Waals surface area contributed by atoms with E-state index < -0.39 is 11.7 Å². The lowest BCUT2D eigenvalue weighted by atomic mass is 10.1. The number of nitrogens with zero attached hydrogens (tertiary/aromatic N) is 1. The minimum absolute atomic E-state index is 0.0742. The monoisotopic (exact) mass is 262 g/mol. The SMILES string of the molecule is C[N+](C)(C)CCNc1ccc(N)cc1C(F)(F)F. The van der Waals surface area contributed by atoms with Gasteiger partial charge in [0.05, 0.1) is 39.8 Å². The number of anilines is 2. The van der Waals surface area contributed by atoms with Crippen LogP contribution >= 0.6 is 0 Å². The predicted molar refractivity (Wildman–Crippen MR) is 67.2 cm³/mol. The second-order valence-electron chi connectivity index (χ2n) is 5.24. The molecule has 0 aliphatic rings. The molecule has 0 spiro atoms. The molecule has 1 rings (SSSR count). The van der Waals surface area contributed by atoms with Crippen LogP contribution in [-0.4, -0.2) is 38.7 Å². The Morgan fingerprint density at radius 2 is 1.83 bits per heavy atom. The molecule has 18 heavy (non-hydrogen) atoms. The van der Waals surface area contributed by atoms with Gasteiger partial charge in [0, 0.05) is 11.4 Å². The molecule has 0 atom stereocenters. The van der Waals surface area contributed by atoms with Crippen molar-refractivity contribution in [2.45, 2.75) is 6.18 Å². The van der Waals surface area contributed by atoms with E-state index in [0.29, 0.717) is 11.0 Å². The van der Waals surface area contributed by atoms with E-state index in [4.69, 9.17) is 5.73 Å². The molecule has 3 N–H and O–H groups in total. The van der Waals surface area contributed by atoms with Crippen molar-refractivity contribution < 1.29 is 17.7 Å². The van der Waals surface area contributed by atoms with Gasteiger partial charge in [-0.25, -0.2) is 0 Å². The number of quaternary nitrogens is 1. The molecule has 6 heteroatoms. The van der Waals surface area contributed by atoms with Crippen molar-refractivity contribution in [1.29, 1.82) is 0 Å². The van der Waals surface area contributed by atoms with E-state index in [0.717, 1.165) is 12.6 Å². The van der Waals surface area contributed by atoms with Crippen molar-refractivity contribution in [2.24, 2.45) is 0 Å². The van der Waals surface area contributed by atoms with Gasteiger partial charge in [-0.05, 0) is 18.2 Å². The van der Waals surface area contributed by atoms with E-state index in [1.54, 1.807) is 0 Å². The van der Waals surface area contributed by atoms with Gasteiger partial charge < -0.3 is 15.5 Å². The Hall–Kier alpha value is -1.43.